The number of anilines is 1. The number of benzene rings is 1. The van der Waals surface area contributed by atoms with Gasteiger partial charge in [-0.15, -0.1) is 0 Å². The molecule has 0 aliphatic rings. The molecule has 10 heteroatoms. The Kier molecular flexibility index (Phi) is 14.5. The molecule has 1 unspecified atom stereocenters. The highest BCUT2D eigenvalue weighted by atomic mass is 32.2. The Balaban J connectivity index is 0.00000241. The van der Waals surface area contributed by atoms with Crippen molar-refractivity contribution in [3.63, 3.8) is 0 Å². The predicted molar refractivity (Wildman–Crippen MR) is 147 cm³/mol. The molecule has 0 radical (unpaired) electrons. The number of nitrogens with zero attached hydrogens (tertiary/aromatic N) is 2. The molecule has 0 aliphatic carbocycles. The van der Waals surface area contributed by atoms with E-state index in [1.807, 2.05) is 26.8 Å². The minimum Gasteiger partial charge on any atom is -0.388 e. The fourth-order valence-corrected chi connectivity index (χ4v) is 4.89. The van der Waals surface area contributed by atoms with Gasteiger partial charge in [0.2, 0.25) is 0 Å². The Hall–Kier alpha value is -3.16. The monoisotopic (exact) mass is 534 g/mol. The molecular weight excluding hydrogens is 495 g/mol. The second kappa shape index (κ2) is 15.8. The van der Waals surface area contributed by atoms with Crippen LogP contribution in [0.25, 0.3) is 0 Å². The van der Waals surface area contributed by atoms with Gasteiger partial charge >= 0.3 is 0 Å². The van der Waals surface area contributed by atoms with Gasteiger partial charge in [0.1, 0.15) is 22.3 Å². The van der Waals surface area contributed by atoms with Crippen molar-refractivity contribution in [2.24, 2.45) is 0 Å². The van der Waals surface area contributed by atoms with Crippen LogP contribution in [0.15, 0.2) is 36.5 Å². The molecule has 0 saturated carbocycles. The largest absolute Gasteiger partial charge is 0.388 e. The average molecular weight is 535 g/mol. The van der Waals surface area contributed by atoms with Crippen LogP contribution in [0.2, 0.25) is 0 Å². The molecule has 1 heterocycles. The molecule has 0 saturated heterocycles. The molecule has 8 nitrogen and oxygen atoms in total. The van der Waals surface area contributed by atoms with Crippen LogP contribution in [0.5, 0.6) is 0 Å². The van der Waals surface area contributed by atoms with Gasteiger partial charge in [-0.25, -0.2) is 17.8 Å². The Morgan fingerprint density at radius 3 is 2.32 bits per heavy atom. The van der Waals surface area contributed by atoms with Crippen LogP contribution in [-0.4, -0.2) is 49.7 Å². The quantitative estimate of drug-likeness (QED) is 0.394. The van der Waals surface area contributed by atoms with Crippen LogP contribution in [0.1, 0.15) is 81.9 Å². The third-order valence-corrected chi connectivity index (χ3v) is 8.12. The van der Waals surface area contributed by atoms with Crippen molar-refractivity contribution in [2.75, 3.05) is 25.3 Å². The number of carbonyl (C=O) groups excluding carboxylic acids is 1. The van der Waals surface area contributed by atoms with E-state index in [1.54, 1.807) is 21.1 Å². The number of methoxy groups -OCH3 is 1. The zero-order valence-corrected chi connectivity index (χ0v) is 23.8. The topological polar surface area (TPSA) is 133 Å². The van der Waals surface area contributed by atoms with E-state index in [9.17, 15) is 17.6 Å². The number of pyridine rings is 1. The molecule has 0 fully saturated rings. The van der Waals surface area contributed by atoms with Crippen LogP contribution in [0, 0.1) is 22.6 Å². The number of sulfone groups is 1. The van der Waals surface area contributed by atoms with E-state index in [0.717, 1.165) is 0 Å². The molecule has 1 aromatic heterocycles. The van der Waals surface area contributed by atoms with E-state index in [4.69, 9.17) is 10.7 Å². The first-order valence-electron chi connectivity index (χ1n) is 12.0. The van der Waals surface area contributed by atoms with Gasteiger partial charge in [0, 0.05) is 31.8 Å². The first-order chi connectivity index (χ1) is 17.3. The van der Waals surface area contributed by atoms with Crippen molar-refractivity contribution in [2.45, 2.75) is 65.0 Å². The number of hydrogen-bond acceptors (Lipinski definition) is 7. The van der Waals surface area contributed by atoms with E-state index in [-0.39, 0.29) is 22.7 Å². The molecule has 2 N–H and O–H groups in total. The first-order valence-corrected chi connectivity index (χ1v) is 13.7. The molecule has 2 aromatic rings. The standard InChI is InChI=1S/C23H27FN4O3S.C2H6O.C2H6/c1-5-6-21(26)23(3,4)32(30,31)14-15(2)18-11-17(8-9-19(18)24)28-22(29)20-10-7-16(12-25)13-27-20;1-3-2;1-2/h7-11,13,15,26H,5-6,14H2,1-4H3,(H,28,29);1-2H3;1-2H3. The number of halogens is 1. The number of amides is 1. The number of nitrogens with one attached hydrogen (secondary N) is 2. The van der Waals surface area contributed by atoms with Crippen LogP contribution in [0.3, 0.4) is 0 Å². The summed E-state index contributed by atoms with van der Waals surface area (Å²) in [7, 11) is -0.496. The van der Waals surface area contributed by atoms with Gasteiger partial charge in [0.05, 0.1) is 11.3 Å². The highest BCUT2D eigenvalue weighted by molar-refractivity contribution is 7.93. The molecule has 2 rings (SSSR count). The highest BCUT2D eigenvalue weighted by Gasteiger charge is 2.39. The molecule has 1 amide bonds. The van der Waals surface area contributed by atoms with E-state index in [1.165, 1.54) is 50.4 Å². The van der Waals surface area contributed by atoms with E-state index >= 15 is 0 Å². The first kappa shape index (κ1) is 33.8. The van der Waals surface area contributed by atoms with Gasteiger partial charge in [-0.3, -0.25) is 4.79 Å². The van der Waals surface area contributed by atoms with Crippen molar-refractivity contribution < 1.29 is 22.3 Å². The second-order valence-electron chi connectivity index (χ2n) is 8.56. The van der Waals surface area contributed by atoms with Gasteiger partial charge < -0.3 is 15.5 Å². The van der Waals surface area contributed by atoms with Crippen LogP contribution in [0.4, 0.5) is 10.1 Å². The molecule has 0 bridgehead atoms. The Morgan fingerprint density at radius 1 is 1.24 bits per heavy atom. The summed E-state index contributed by atoms with van der Waals surface area (Å²) in [4.78, 5) is 16.3. The fraction of sp³-hybridized carbons (Fsp3) is 0.481. The van der Waals surface area contributed by atoms with E-state index in [2.05, 4.69) is 15.0 Å². The number of rotatable bonds is 9. The molecule has 0 spiro atoms. The third-order valence-electron chi connectivity index (χ3n) is 5.38. The fourth-order valence-electron chi connectivity index (χ4n) is 3.15. The smallest absolute Gasteiger partial charge is 0.274 e. The molecule has 0 aliphatic heterocycles. The zero-order valence-electron chi connectivity index (χ0n) is 23.0. The van der Waals surface area contributed by atoms with Crippen molar-refractivity contribution in [3.05, 3.63) is 59.2 Å². The summed E-state index contributed by atoms with van der Waals surface area (Å²) in [6.07, 6.45) is 2.31. The maximum absolute atomic E-state index is 14.5. The lowest BCUT2D eigenvalue weighted by Gasteiger charge is -2.27. The third kappa shape index (κ3) is 9.67. The molecule has 1 aromatic carbocycles. The number of aromatic nitrogens is 1. The number of hydrogen-bond donors (Lipinski definition) is 2. The normalized spacial score (nSPS) is 11.6. The summed E-state index contributed by atoms with van der Waals surface area (Å²) in [5, 5.41) is 19.6. The van der Waals surface area contributed by atoms with E-state index < -0.39 is 32.2 Å². The summed E-state index contributed by atoms with van der Waals surface area (Å²) in [6, 6.07) is 8.73. The van der Waals surface area contributed by atoms with Crippen molar-refractivity contribution in [1.29, 1.82) is 10.7 Å². The van der Waals surface area contributed by atoms with E-state index in [0.29, 0.717) is 24.1 Å². The van der Waals surface area contributed by atoms with Crippen molar-refractivity contribution in [3.8, 4) is 6.07 Å². The Bertz CT molecular complexity index is 1170. The summed E-state index contributed by atoms with van der Waals surface area (Å²) in [5.74, 6) is -2.15. The van der Waals surface area contributed by atoms with Gasteiger partial charge in [0.15, 0.2) is 9.84 Å². The average Bonchev–Trinajstić information content (AvgIpc) is 2.86. The summed E-state index contributed by atoms with van der Waals surface area (Å²) in [5.41, 5.74) is 0.970. The number of ether oxygens (including phenoxy) is 1. The lowest BCUT2D eigenvalue weighted by molar-refractivity contribution is 0.102. The van der Waals surface area contributed by atoms with Crippen LogP contribution >= 0.6 is 0 Å². The second-order valence-corrected chi connectivity index (χ2v) is 11.1. The predicted octanol–water partition coefficient (Wildman–Crippen LogP) is 5.75. The van der Waals surface area contributed by atoms with Gasteiger partial charge in [-0.2, -0.15) is 5.26 Å². The minimum absolute atomic E-state index is 0.0849. The highest BCUT2D eigenvalue weighted by Crippen LogP contribution is 2.29. The molecule has 204 valence electrons. The molecule has 1 atom stereocenters. The van der Waals surface area contributed by atoms with Gasteiger partial charge in [-0.05, 0) is 62.1 Å². The van der Waals surface area contributed by atoms with Crippen molar-refractivity contribution in [1.82, 2.24) is 4.98 Å². The summed E-state index contributed by atoms with van der Waals surface area (Å²) >= 11 is 0. The maximum Gasteiger partial charge on any atom is 0.274 e. The summed E-state index contributed by atoms with van der Waals surface area (Å²) < 4.78 is 43.4. The molecular formula is C27H39FN4O4S. The minimum atomic E-state index is -3.75. The van der Waals surface area contributed by atoms with Gasteiger partial charge in [-0.1, -0.05) is 34.1 Å². The maximum atomic E-state index is 14.5. The van der Waals surface area contributed by atoms with Crippen LogP contribution in [-0.2, 0) is 14.6 Å². The lowest BCUT2D eigenvalue weighted by Crippen LogP contribution is -2.42. The summed E-state index contributed by atoms with van der Waals surface area (Å²) in [6.45, 7) is 10.5. The van der Waals surface area contributed by atoms with Crippen molar-refractivity contribution >= 4 is 27.1 Å². The number of carbonyl (C=O) groups is 1. The SMILES string of the molecule is CC.CCCC(=N)C(C)(C)S(=O)(=O)CC(C)c1cc(NC(=O)c2ccc(C#N)cn2)ccc1F.COC. The lowest BCUT2D eigenvalue weighted by atomic mass is 10.0. The number of nitriles is 1. The zero-order chi connectivity index (χ0) is 28.8. The Morgan fingerprint density at radius 2 is 1.84 bits per heavy atom. The Labute approximate surface area is 220 Å². The van der Waals surface area contributed by atoms with Gasteiger partial charge in [0.25, 0.3) is 5.91 Å². The molecule has 37 heavy (non-hydrogen) atoms. The van der Waals surface area contributed by atoms with Crippen LogP contribution < -0.4 is 5.32 Å².